The Balaban J connectivity index is 1.57. The molecule has 0 spiro atoms. The molecule has 0 radical (unpaired) electrons. The Labute approximate surface area is 132 Å². The molecule has 0 aliphatic carbocycles. The maximum atomic E-state index is 4.60. The van der Waals surface area contributed by atoms with Gasteiger partial charge < -0.3 is 5.32 Å². The first-order valence-electron chi connectivity index (χ1n) is 7.27. The predicted octanol–water partition coefficient (Wildman–Crippen LogP) is 3.03. The molecular weight excluding hydrogens is 288 g/mol. The normalized spacial score (nSPS) is 10.8. The molecular formula is C17H14N6. The molecule has 6 heteroatoms. The summed E-state index contributed by atoms with van der Waals surface area (Å²) in [5, 5.41) is 10.1. The van der Waals surface area contributed by atoms with Gasteiger partial charge in [-0.25, -0.2) is 4.98 Å². The molecule has 6 nitrogen and oxygen atoms in total. The lowest BCUT2D eigenvalue weighted by Gasteiger charge is -2.07. The van der Waals surface area contributed by atoms with E-state index in [1.54, 1.807) is 24.8 Å². The highest BCUT2D eigenvalue weighted by Gasteiger charge is 2.04. The Hall–Kier alpha value is -3.28. The summed E-state index contributed by atoms with van der Waals surface area (Å²) < 4.78 is 0. The van der Waals surface area contributed by atoms with E-state index < -0.39 is 0 Å². The van der Waals surface area contributed by atoms with Crippen LogP contribution in [-0.4, -0.2) is 25.1 Å². The number of aromatic nitrogens is 5. The first kappa shape index (κ1) is 13.4. The van der Waals surface area contributed by atoms with Crippen LogP contribution in [0.15, 0.2) is 61.3 Å². The smallest absolute Gasteiger partial charge is 0.145 e. The second kappa shape index (κ2) is 5.84. The number of aromatic amines is 1. The summed E-state index contributed by atoms with van der Waals surface area (Å²) in [6.07, 6.45) is 8.96. The second-order valence-corrected chi connectivity index (χ2v) is 5.15. The van der Waals surface area contributed by atoms with Gasteiger partial charge in [0, 0.05) is 30.7 Å². The molecule has 0 saturated carbocycles. The number of hydrogen-bond donors (Lipinski definition) is 2. The number of fused-ring (bicyclic) bond motifs is 1. The van der Waals surface area contributed by atoms with Crippen LogP contribution < -0.4 is 5.32 Å². The van der Waals surface area contributed by atoms with Crippen LogP contribution >= 0.6 is 0 Å². The Morgan fingerprint density at radius 1 is 0.957 bits per heavy atom. The van der Waals surface area contributed by atoms with Gasteiger partial charge in [0.1, 0.15) is 5.82 Å². The quantitative estimate of drug-likeness (QED) is 0.606. The average Bonchev–Trinajstić information content (AvgIpc) is 3.15. The molecule has 3 heterocycles. The zero-order valence-electron chi connectivity index (χ0n) is 12.3. The molecule has 112 valence electrons. The second-order valence-electron chi connectivity index (χ2n) is 5.15. The molecule has 1 aromatic carbocycles. The summed E-state index contributed by atoms with van der Waals surface area (Å²) >= 11 is 0. The molecule has 0 fully saturated rings. The fraction of sp³-hybridized carbons (Fsp3) is 0.0588. The fourth-order valence-corrected chi connectivity index (χ4v) is 2.38. The first-order valence-corrected chi connectivity index (χ1v) is 7.27. The first-order chi connectivity index (χ1) is 11.4. The van der Waals surface area contributed by atoms with Crippen LogP contribution in [0.25, 0.3) is 22.2 Å². The van der Waals surface area contributed by atoms with Crippen molar-refractivity contribution in [1.29, 1.82) is 0 Å². The number of nitrogens with zero attached hydrogens (tertiary/aromatic N) is 4. The van der Waals surface area contributed by atoms with Crippen molar-refractivity contribution in [3.05, 3.63) is 66.9 Å². The SMILES string of the molecule is c1cc(CNc2cnc3cc(-c4cn[nH]c4)ccc3n2)ccn1. The van der Waals surface area contributed by atoms with Crippen molar-refractivity contribution < 1.29 is 0 Å². The standard InChI is InChI=1S/C17H14N6/c1-2-15-16(7-13(1)14-9-21-22-10-14)19-11-17(23-15)20-8-12-3-5-18-6-4-12/h1-7,9-11H,8H2,(H,20,23)(H,21,22). The van der Waals surface area contributed by atoms with Crippen LogP contribution in [-0.2, 0) is 6.54 Å². The van der Waals surface area contributed by atoms with Gasteiger partial charge in [-0.15, -0.1) is 0 Å². The summed E-state index contributed by atoms with van der Waals surface area (Å²) in [6.45, 7) is 0.690. The highest BCUT2D eigenvalue weighted by atomic mass is 15.1. The summed E-state index contributed by atoms with van der Waals surface area (Å²) in [4.78, 5) is 13.1. The third kappa shape index (κ3) is 2.87. The van der Waals surface area contributed by atoms with Crippen molar-refractivity contribution in [3.63, 3.8) is 0 Å². The van der Waals surface area contributed by atoms with Gasteiger partial charge >= 0.3 is 0 Å². The van der Waals surface area contributed by atoms with Gasteiger partial charge in [-0.2, -0.15) is 5.10 Å². The zero-order valence-corrected chi connectivity index (χ0v) is 12.3. The number of H-pyrrole nitrogens is 1. The average molecular weight is 302 g/mol. The number of hydrogen-bond acceptors (Lipinski definition) is 5. The molecule has 2 N–H and O–H groups in total. The maximum Gasteiger partial charge on any atom is 0.145 e. The summed E-state index contributed by atoms with van der Waals surface area (Å²) in [5.41, 5.74) is 4.97. The van der Waals surface area contributed by atoms with Crippen LogP contribution in [0, 0.1) is 0 Å². The van der Waals surface area contributed by atoms with Crippen LogP contribution in [0.3, 0.4) is 0 Å². The number of nitrogens with one attached hydrogen (secondary N) is 2. The van der Waals surface area contributed by atoms with Gasteiger partial charge in [-0.05, 0) is 35.4 Å². The van der Waals surface area contributed by atoms with E-state index in [0.717, 1.165) is 33.5 Å². The summed E-state index contributed by atoms with van der Waals surface area (Å²) in [6, 6.07) is 9.95. The Morgan fingerprint density at radius 3 is 2.70 bits per heavy atom. The fourth-order valence-electron chi connectivity index (χ4n) is 2.38. The van der Waals surface area contributed by atoms with E-state index in [0.29, 0.717) is 6.54 Å². The van der Waals surface area contributed by atoms with Crippen molar-refractivity contribution in [2.24, 2.45) is 0 Å². The highest BCUT2D eigenvalue weighted by molar-refractivity contribution is 5.81. The minimum Gasteiger partial charge on any atom is -0.365 e. The van der Waals surface area contributed by atoms with Gasteiger partial charge in [0.25, 0.3) is 0 Å². The maximum absolute atomic E-state index is 4.60. The zero-order chi connectivity index (χ0) is 15.5. The van der Waals surface area contributed by atoms with Crippen molar-refractivity contribution in [2.75, 3.05) is 5.32 Å². The summed E-state index contributed by atoms with van der Waals surface area (Å²) in [7, 11) is 0. The third-order valence-corrected chi connectivity index (χ3v) is 3.60. The predicted molar refractivity (Wildman–Crippen MR) is 88.7 cm³/mol. The van der Waals surface area contributed by atoms with E-state index in [-0.39, 0.29) is 0 Å². The van der Waals surface area contributed by atoms with E-state index in [2.05, 4.69) is 30.5 Å². The molecule has 0 amide bonds. The van der Waals surface area contributed by atoms with Gasteiger partial charge in [-0.1, -0.05) is 6.07 Å². The van der Waals surface area contributed by atoms with Gasteiger partial charge in [0.05, 0.1) is 23.4 Å². The number of anilines is 1. The minimum absolute atomic E-state index is 0.690. The molecule has 0 atom stereocenters. The van der Waals surface area contributed by atoms with E-state index in [1.165, 1.54) is 0 Å². The topological polar surface area (TPSA) is 79.4 Å². The van der Waals surface area contributed by atoms with E-state index in [9.17, 15) is 0 Å². The van der Waals surface area contributed by atoms with E-state index in [4.69, 9.17) is 0 Å². The third-order valence-electron chi connectivity index (χ3n) is 3.60. The molecule has 0 unspecified atom stereocenters. The van der Waals surface area contributed by atoms with Crippen molar-refractivity contribution >= 4 is 16.9 Å². The highest BCUT2D eigenvalue weighted by Crippen LogP contribution is 2.22. The van der Waals surface area contributed by atoms with Crippen molar-refractivity contribution in [3.8, 4) is 11.1 Å². The lowest BCUT2D eigenvalue weighted by Crippen LogP contribution is -2.02. The van der Waals surface area contributed by atoms with Crippen molar-refractivity contribution in [2.45, 2.75) is 6.54 Å². The van der Waals surface area contributed by atoms with Crippen LogP contribution in [0.5, 0.6) is 0 Å². The van der Waals surface area contributed by atoms with Crippen LogP contribution in [0.1, 0.15) is 5.56 Å². The molecule has 4 rings (SSSR count). The Bertz CT molecular complexity index is 918. The molecule has 0 aliphatic heterocycles. The molecule has 0 bridgehead atoms. The molecule has 3 aromatic heterocycles. The molecule has 0 aliphatic rings. The van der Waals surface area contributed by atoms with Gasteiger partial charge in [-0.3, -0.25) is 15.1 Å². The lowest BCUT2D eigenvalue weighted by atomic mass is 10.1. The number of rotatable bonds is 4. The number of pyridine rings is 1. The Morgan fingerprint density at radius 2 is 1.87 bits per heavy atom. The largest absolute Gasteiger partial charge is 0.365 e. The van der Waals surface area contributed by atoms with Crippen LogP contribution in [0.2, 0.25) is 0 Å². The minimum atomic E-state index is 0.690. The molecule has 0 saturated heterocycles. The molecule has 23 heavy (non-hydrogen) atoms. The van der Waals surface area contributed by atoms with Gasteiger partial charge in [0.15, 0.2) is 0 Å². The molecule has 4 aromatic rings. The van der Waals surface area contributed by atoms with Crippen LogP contribution in [0.4, 0.5) is 5.82 Å². The lowest BCUT2D eigenvalue weighted by molar-refractivity contribution is 1.09. The number of benzene rings is 1. The van der Waals surface area contributed by atoms with Gasteiger partial charge in [0.2, 0.25) is 0 Å². The summed E-state index contributed by atoms with van der Waals surface area (Å²) in [5.74, 6) is 0.755. The van der Waals surface area contributed by atoms with E-state index in [1.807, 2.05) is 36.5 Å². The Kier molecular flexibility index (Phi) is 3.40. The van der Waals surface area contributed by atoms with E-state index >= 15 is 0 Å². The monoisotopic (exact) mass is 302 g/mol. The van der Waals surface area contributed by atoms with Crippen molar-refractivity contribution in [1.82, 2.24) is 25.1 Å².